The minimum Gasteiger partial charge on any atom is -0.417 e. The molecule has 1 aliphatic heterocycles. The second-order valence-corrected chi connectivity index (χ2v) is 6.54. The van der Waals surface area contributed by atoms with Gasteiger partial charge in [-0.3, -0.25) is 4.74 Å². The zero-order valence-corrected chi connectivity index (χ0v) is 13.7. The quantitative estimate of drug-likeness (QED) is 0.741. The first-order chi connectivity index (χ1) is 10.8. The Hall–Kier alpha value is -1.46. The topological polar surface area (TPSA) is 44.5 Å². The summed E-state index contributed by atoms with van der Waals surface area (Å²) in [5.74, 6) is 0.455. The van der Waals surface area contributed by atoms with Crippen molar-refractivity contribution in [2.24, 2.45) is 17.1 Å². The average molecular weight is 325 g/mol. The third kappa shape index (κ3) is 4.75. The van der Waals surface area contributed by atoms with E-state index in [9.17, 15) is 8.78 Å². The summed E-state index contributed by atoms with van der Waals surface area (Å²) in [6.07, 6.45) is 7.33. The molecule has 1 atom stereocenters. The first-order valence-corrected chi connectivity index (χ1v) is 7.94. The van der Waals surface area contributed by atoms with Crippen LogP contribution in [0.4, 0.5) is 8.78 Å². The fraction of sp³-hybridized carbons (Fsp3) is 0.556. The van der Waals surface area contributed by atoms with Crippen LogP contribution < -0.4 is 5.73 Å². The monoisotopic (exact) mass is 325 g/mol. The number of nitrogens with two attached hydrogens (primary N) is 1. The van der Waals surface area contributed by atoms with Gasteiger partial charge in [-0.1, -0.05) is 44.2 Å². The van der Waals surface area contributed by atoms with Gasteiger partial charge in [0.15, 0.2) is 0 Å². The van der Waals surface area contributed by atoms with Gasteiger partial charge in [0.2, 0.25) is 0 Å². The molecule has 5 heteroatoms. The van der Waals surface area contributed by atoms with Gasteiger partial charge in [0.25, 0.3) is 0 Å². The van der Waals surface area contributed by atoms with Crippen molar-refractivity contribution < 1.29 is 18.3 Å². The molecule has 0 aromatic rings. The van der Waals surface area contributed by atoms with E-state index in [4.69, 9.17) is 5.73 Å². The molecule has 0 aromatic carbocycles. The second kappa shape index (κ2) is 6.97. The van der Waals surface area contributed by atoms with Gasteiger partial charge in [0.1, 0.15) is 0 Å². The molecule has 1 unspecified atom stereocenters. The Morgan fingerprint density at radius 1 is 1.39 bits per heavy atom. The van der Waals surface area contributed by atoms with Crippen molar-refractivity contribution in [1.82, 2.24) is 0 Å². The number of hydrogen-bond acceptors (Lipinski definition) is 3. The lowest BCUT2D eigenvalue weighted by atomic mass is 9.84. The molecule has 1 fully saturated rings. The van der Waals surface area contributed by atoms with Crippen LogP contribution in [0.5, 0.6) is 0 Å². The summed E-state index contributed by atoms with van der Waals surface area (Å²) in [5.41, 5.74) is 7.90. The Kier molecular flexibility index (Phi) is 5.42. The van der Waals surface area contributed by atoms with Gasteiger partial charge in [-0.15, -0.1) is 8.78 Å². The predicted octanol–water partition coefficient (Wildman–Crippen LogP) is 4.29. The fourth-order valence-corrected chi connectivity index (χ4v) is 2.76. The van der Waals surface area contributed by atoms with Crippen molar-refractivity contribution in [2.75, 3.05) is 6.61 Å². The molecule has 0 amide bonds. The lowest BCUT2D eigenvalue weighted by molar-refractivity contribution is -0.368. The van der Waals surface area contributed by atoms with Gasteiger partial charge in [-0.2, -0.15) is 0 Å². The lowest BCUT2D eigenvalue weighted by Gasteiger charge is -2.24. The SMILES string of the molecule is C=C(CC(N)/C=C\C(C)C)C1(C2=C/COC(F)(F)O/C=C\2)CC1. The number of allylic oxidation sites excluding steroid dienone is 3. The van der Waals surface area contributed by atoms with Crippen LogP contribution in [0.25, 0.3) is 0 Å². The van der Waals surface area contributed by atoms with Gasteiger partial charge in [0.05, 0.1) is 12.9 Å². The summed E-state index contributed by atoms with van der Waals surface area (Å²) < 4.78 is 34.7. The first-order valence-electron chi connectivity index (χ1n) is 7.94. The molecule has 1 saturated carbocycles. The van der Waals surface area contributed by atoms with Crippen LogP contribution in [0, 0.1) is 11.3 Å². The van der Waals surface area contributed by atoms with Gasteiger partial charge in [0, 0.05) is 11.5 Å². The van der Waals surface area contributed by atoms with E-state index in [0.29, 0.717) is 12.3 Å². The number of hydrogen-bond donors (Lipinski definition) is 1. The Morgan fingerprint density at radius 3 is 2.70 bits per heavy atom. The molecule has 3 nitrogen and oxygen atoms in total. The van der Waals surface area contributed by atoms with Crippen LogP contribution in [0.2, 0.25) is 0 Å². The Labute approximate surface area is 136 Å². The van der Waals surface area contributed by atoms with Crippen molar-refractivity contribution in [1.29, 1.82) is 0 Å². The molecule has 1 aliphatic carbocycles. The van der Waals surface area contributed by atoms with Crippen molar-refractivity contribution >= 4 is 0 Å². The molecular weight excluding hydrogens is 300 g/mol. The minimum atomic E-state index is -3.57. The predicted molar refractivity (Wildman–Crippen MR) is 86.6 cm³/mol. The van der Waals surface area contributed by atoms with Gasteiger partial charge in [-0.05, 0) is 36.8 Å². The molecule has 2 aliphatic rings. The summed E-state index contributed by atoms with van der Waals surface area (Å²) >= 11 is 0. The van der Waals surface area contributed by atoms with Crippen molar-refractivity contribution in [3.8, 4) is 0 Å². The van der Waals surface area contributed by atoms with E-state index in [1.54, 1.807) is 12.2 Å². The number of rotatable bonds is 6. The van der Waals surface area contributed by atoms with Crippen molar-refractivity contribution in [2.45, 2.75) is 45.4 Å². The van der Waals surface area contributed by atoms with Crippen molar-refractivity contribution in [3.05, 3.63) is 48.3 Å². The summed E-state index contributed by atoms with van der Waals surface area (Å²) in [6, 6.07) is -0.0858. The average Bonchev–Trinajstić information content (AvgIpc) is 3.22. The van der Waals surface area contributed by atoms with Gasteiger partial charge < -0.3 is 10.5 Å². The highest BCUT2D eigenvalue weighted by atomic mass is 19.3. The smallest absolute Gasteiger partial charge is 0.417 e. The maximum atomic E-state index is 13.0. The van der Waals surface area contributed by atoms with Gasteiger partial charge in [-0.25, -0.2) is 0 Å². The second-order valence-electron chi connectivity index (χ2n) is 6.54. The minimum absolute atomic E-state index is 0.0858. The fourth-order valence-electron chi connectivity index (χ4n) is 2.76. The molecule has 2 rings (SSSR count). The zero-order valence-electron chi connectivity index (χ0n) is 13.7. The summed E-state index contributed by atoms with van der Waals surface area (Å²) in [5, 5.41) is 0. The van der Waals surface area contributed by atoms with Crippen LogP contribution in [0.3, 0.4) is 0 Å². The van der Waals surface area contributed by atoms with Crippen LogP contribution in [-0.2, 0) is 9.47 Å². The highest BCUT2D eigenvalue weighted by Gasteiger charge is 2.47. The Balaban J connectivity index is 2.03. The van der Waals surface area contributed by atoms with E-state index in [0.717, 1.165) is 30.2 Å². The van der Waals surface area contributed by atoms with E-state index in [-0.39, 0.29) is 18.1 Å². The largest absolute Gasteiger partial charge is 0.534 e. The van der Waals surface area contributed by atoms with E-state index >= 15 is 0 Å². The maximum absolute atomic E-state index is 13.0. The lowest BCUT2D eigenvalue weighted by Crippen LogP contribution is -2.25. The standard InChI is InChI=1S/C18H25F2NO2/c1-13(2)4-5-16(21)12-14(3)17(8-9-17)15-6-10-22-18(19,20)23-11-7-15/h4-7,10,13,16H,3,8-9,11-12,21H2,1-2H3/b5-4-,10-6-,15-7+. The normalized spacial score (nSPS) is 27.5. The summed E-state index contributed by atoms with van der Waals surface area (Å²) in [4.78, 5) is 0. The van der Waals surface area contributed by atoms with E-state index in [1.807, 2.05) is 6.08 Å². The van der Waals surface area contributed by atoms with E-state index in [1.165, 1.54) is 0 Å². The molecular formula is C18H25F2NO2. The molecule has 23 heavy (non-hydrogen) atoms. The van der Waals surface area contributed by atoms with Crippen molar-refractivity contribution in [3.63, 3.8) is 0 Å². The van der Waals surface area contributed by atoms with Crippen LogP contribution in [0.1, 0.15) is 33.1 Å². The van der Waals surface area contributed by atoms with Crippen LogP contribution >= 0.6 is 0 Å². The van der Waals surface area contributed by atoms with Gasteiger partial charge >= 0.3 is 6.29 Å². The molecule has 2 N–H and O–H groups in total. The summed E-state index contributed by atoms with van der Waals surface area (Å²) in [7, 11) is 0. The number of ether oxygens (including phenoxy) is 2. The summed E-state index contributed by atoms with van der Waals surface area (Å²) in [6.45, 7) is 8.20. The van der Waals surface area contributed by atoms with Crippen LogP contribution in [0.15, 0.2) is 48.3 Å². The highest BCUT2D eigenvalue weighted by Crippen LogP contribution is 2.58. The molecule has 0 bridgehead atoms. The third-order valence-corrected chi connectivity index (χ3v) is 4.21. The van der Waals surface area contributed by atoms with E-state index < -0.39 is 6.29 Å². The Morgan fingerprint density at radius 2 is 2.09 bits per heavy atom. The molecule has 0 spiro atoms. The molecule has 0 radical (unpaired) electrons. The molecule has 0 aromatic heterocycles. The molecule has 128 valence electrons. The number of halogens is 2. The molecule has 0 saturated heterocycles. The maximum Gasteiger partial charge on any atom is 0.534 e. The first kappa shape index (κ1) is 17.9. The Bertz CT molecular complexity index is 531. The van der Waals surface area contributed by atoms with Crippen LogP contribution in [-0.4, -0.2) is 18.9 Å². The highest BCUT2D eigenvalue weighted by molar-refractivity contribution is 5.41. The molecule has 1 heterocycles. The third-order valence-electron chi connectivity index (χ3n) is 4.21. The van der Waals surface area contributed by atoms with E-state index in [2.05, 4.69) is 36.0 Å². The zero-order chi connectivity index (χ0) is 17.1. The number of alkyl halides is 2.